The van der Waals surface area contributed by atoms with Crippen LogP contribution in [0.5, 0.6) is 0 Å². The third-order valence-corrected chi connectivity index (χ3v) is 7.57. The van der Waals surface area contributed by atoms with Crippen molar-refractivity contribution in [3.05, 3.63) is 0 Å². The zero-order chi connectivity index (χ0) is 13.2. The van der Waals surface area contributed by atoms with Crippen LogP contribution in [0.1, 0.15) is 6.42 Å². The summed E-state index contributed by atoms with van der Waals surface area (Å²) in [6.45, 7) is -0.621. The van der Waals surface area contributed by atoms with Crippen LogP contribution < -0.4 is 5.11 Å². The normalized spacial score (nSPS) is 45.8. The van der Waals surface area contributed by atoms with Crippen molar-refractivity contribution in [3.63, 3.8) is 0 Å². The maximum Gasteiger partial charge on any atom is 0.233 e. The summed E-state index contributed by atoms with van der Waals surface area (Å²) in [5, 5.41) is 10.6. The number of carbonyl (C=O) groups is 3. The van der Waals surface area contributed by atoms with Gasteiger partial charge in [0.2, 0.25) is 11.8 Å². The van der Waals surface area contributed by atoms with Crippen LogP contribution in [0.4, 0.5) is 0 Å². The number of carbonyl (C=O) groups excluding carboxylic acids is 3. The van der Waals surface area contributed by atoms with Gasteiger partial charge in [0.25, 0.3) is 0 Å². The van der Waals surface area contributed by atoms with E-state index in [4.69, 9.17) is 0 Å². The minimum Gasteiger partial charge on any atom is -0.548 e. The molecule has 0 N–H and O–H groups in total. The molecule has 18 heavy (non-hydrogen) atoms. The van der Waals surface area contributed by atoms with E-state index in [0.717, 1.165) is 11.3 Å². The molecule has 0 radical (unpaired) electrons. The highest BCUT2D eigenvalue weighted by atomic mass is 79.9. The van der Waals surface area contributed by atoms with E-state index in [2.05, 4.69) is 31.9 Å². The maximum absolute atomic E-state index is 12.2. The van der Waals surface area contributed by atoms with Gasteiger partial charge in [0, 0.05) is 9.65 Å². The molecule has 3 fully saturated rings. The topological polar surface area (TPSA) is 77.5 Å². The van der Waals surface area contributed by atoms with Gasteiger partial charge in [0.1, 0.15) is 0 Å². The van der Waals surface area contributed by atoms with Crippen LogP contribution in [0, 0.1) is 23.7 Å². The lowest BCUT2D eigenvalue weighted by Gasteiger charge is -2.28. The molecule has 0 unspecified atom stereocenters. The Kier molecular flexibility index (Phi) is 2.82. The quantitative estimate of drug-likeness (QED) is 0.479. The first-order valence-corrected chi connectivity index (χ1v) is 7.60. The van der Waals surface area contributed by atoms with E-state index in [0.29, 0.717) is 0 Å². The van der Waals surface area contributed by atoms with Gasteiger partial charge in [-0.15, -0.1) is 0 Å². The van der Waals surface area contributed by atoms with E-state index in [9.17, 15) is 19.5 Å². The average Bonchev–Trinajstić information content (AvgIpc) is 2.88. The molecule has 0 spiro atoms. The van der Waals surface area contributed by atoms with Gasteiger partial charge in [0.15, 0.2) is 0 Å². The van der Waals surface area contributed by atoms with Gasteiger partial charge in [-0.1, -0.05) is 31.9 Å². The monoisotopic (exact) mass is 378 g/mol. The number of rotatable bonds is 2. The molecule has 3 aliphatic rings. The molecule has 0 aromatic carbocycles. The fourth-order valence-electron chi connectivity index (χ4n) is 3.70. The summed E-state index contributed by atoms with van der Waals surface area (Å²) in [7, 11) is 0. The van der Waals surface area contributed by atoms with Gasteiger partial charge in [-0.3, -0.25) is 14.5 Å². The van der Waals surface area contributed by atoms with E-state index in [1.54, 1.807) is 0 Å². The van der Waals surface area contributed by atoms with E-state index < -0.39 is 12.5 Å². The Bertz CT molecular complexity index is 422. The van der Waals surface area contributed by atoms with Crippen LogP contribution in [0.3, 0.4) is 0 Å². The number of imide groups is 1. The summed E-state index contributed by atoms with van der Waals surface area (Å²) in [6, 6.07) is 0. The highest BCUT2D eigenvalue weighted by molar-refractivity contribution is 9.12. The van der Waals surface area contributed by atoms with Crippen molar-refractivity contribution in [1.82, 2.24) is 4.90 Å². The predicted molar refractivity (Wildman–Crippen MR) is 65.7 cm³/mol. The molecular formula is C11H10Br2NO4-. The average molecular weight is 380 g/mol. The fourth-order valence-corrected chi connectivity index (χ4v) is 5.57. The van der Waals surface area contributed by atoms with Crippen LogP contribution in [0.2, 0.25) is 0 Å². The molecule has 0 aromatic rings. The number of halogens is 2. The second-order valence-electron chi connectivity index (χ2n) is 5.14. The van der Waals surface area contributed by atoms with Crippen molar-refractivity contribution in [3.8, 4) is 0 Å². The molecule has 2 aliphatic carbocycles. The standard InChI is InChI=1S/C11H11Br2NO4/c12-8-3-1-4(9(8)13)7-6(3)10(17)14(11(7)18)2-5(15)16/h3-4,6-9H,1-2H2,(H,15,16)/p-1/t3-,4+,6-,7-,8-,9+/m1/s1. The van der Waals surface area contributed by atoms with Crippen molar-refractivity contribution >= 4 is 49.6 Å². The molecule has 0 aromatic heterocycles. The molecule has 3 rings (SSSR count). The number of alkyl halides is 2. The highest BCUT2D eigenvalue weighted by Crippen LogP contribution is 2.60. The van der Waals surface area contributed by atoms with Gasteiger partial charge in [0.05, 0.1) is 24.3 Å². The second kappa shape index (κ2) is 4.03. The van der Waals surface area contributed by atoms with E-state index in [1.807, 2.05) is 0 Å². The van der Waals surface area contributed by atoms with Gasteiger partial charge in [-0.25, -0.2) is 0 Å². The van der Waals surface area contributed by atoms with E-state index in [1.165, 1.54) is 0 Å². The number of aliphatic carboxylic acids is 1. The SMILES string of the molecule is O=C([O-])CN1C(=O)[C@@H]2[C@@H]3C[C@@H]([C@@H](Br)[C@H]3Br)[C@H]2C1=O. The third-order valence-electron chi connectivity index (χ3n) is 4.37. The van der Waals surface area contributed by atoms with Gasteiger partial charge < -0.3 is 9.90 Å². The van der Waals surface area contributed by atoms with Crippen LogP contribution in [0.15, 0.2) is 0 Å². The van der Waals surface area contributed by atoms with Crippen molar-refractivity contribution < 1.29 is 19.5 Å². The molecule has 2 amide bonds. The maximum atomic E-state index is 12.2. The van der Waals surface area contributed by atoms with Crippen LogP contribution in [-0.2, 0) is 14.4 Å². The number of hydrogen-bond donors (Lipinski definition) is 0. The molecule has 1 aliphatic heterocycles. The summed E-state index contributed by atoms with van der Waals surface area (Å²) in [5.41, 5.74) is 0. The molecule has 5 nitrogen and oxygen atoms in total. The molecular weight excluding hydrogens is 370 g/mol. The Morgan fingerprint density at radius 3 is 2.00 bits per heavy atom. The Morgan fingerprint density at radius 1 is 1.17 bits per heavy atom. The minimum atomic E-state index is -1.39. The minimum absolute atomic E-state index is 0.118. The zero-order valence-electron chi connectivity index (χ0n) is 9.21. The molecule has 6 atom stereocenters. The lowest BCUT2D eigenvalue weighted by molar-refractivity contribution is -0.305. The van der Waals surface area contributed by atoms with Crippen LogP contribution in [-0.4, -0.2) is 38.9 Å². The number of amides is 2. The Balaban J connectivity index is 1.92. The number of fused-ring (bicyclic) bond motifs is 5. The van der Waals surface area contributed by atoms with Crippen LogP contribution >= 0.6 is 31.9 Å². The molecule has 2 saturated carbocycles. The summed E-state index contributed by atoms with van der Waals surface area (Å²) in [6.07, 6.45) is 0.845. The Hall–Kier alpha value is -0.430. The van der Waals surface area contributed by atoms with E-state index in [-0.39, 0.29) is 45.1 Å². The van der Waals surface area contributed by atoms with Gasteiger partial charge in [-0.2, -0.15) is 0 Å². The first-order valence-electron chi connectivity index (χ1n) is 5.76. The van der Waals surface area contributed by atoms with Crippen molar-refractivity contribution in [2.24, 2.45) is 23.7 Å². The first-order chi connectivity index (χ1) is 8.43. The summed E-state index contributed by atoms with van der Waals surface area (Å²) < 4.78 is 0. The molecule has 1 heterocycles. The summed E-state index contributed by atoms with van der Waals surface area (Å²) >= 11 is 7.12. The smallest absolute Gasteiger partial charge is 0.233 e. The summed E-state index contributed by atoms with van der Waals surface area (Å²) in [4.78, 5) is 36.1. The van der Waals surface area contributed by atoms with Crippen molar-refractivity contribution in [2.75, 3.05) is 6.54 Å². The number of hydrogen-bond acceptors (Lipinski definition) is 4. The van der Waals surface area contributed by atoms with Crippen molar-refractivity contribution in [2.45, 2.75) is 16.1 Å². The highest BCUT2D eigenvalue weighted by Gasteiger charge is 2.66. The number of carboxylic acids is 1. The molecule has 1 saturated heterocycles. The van der Waals surface area contributed by atoms with Gasteiger partial charge >= 0.3 is 0 Å². The Labute approximate surface area is 120 Å². The van der Waals surface area contributed by atoms with Crippen LogP contribution in [0.25, 0.3) is 0 Å². The molecule has 98 valence electrons. The van der Waals surface area contributed by atoms with E-state index >= 15 is 0 Å². The number of likely N-dealkylation sites (tertiary alicyclic amines) is 1. The lowest BCUT2D eigenvalue weighted by Crippen LogP contribution is -2.42. The first kappa shape index (κ1) is 12.6. The number of carboxylic acid groups (broad SMARTS) is 1. The third kappa shape index (κ3) is 1.46. The largest absolute Gasteiger partial charge is 0.548 e. The molecule has 7 heteroatoms. The zero-order valence-corrected chi connectivity index (χ0v) is 12.4. The Morgan fingerprint density at radius 2 is 1.61 bits per heavy atom. The fraction of sp³-hybridized carbons (Fsp3) is 0.727. The van der Waals surface area contributed by atoms with Crippen molar-refractivity contribution in [1.29, 1.82) is 0 Å². The second-order valence-corrected chi connectivity index (χ2v) is 7.25. The summed E-state index contributed by atoms with van der Waals surface area (Å²) in [5.74, 6) is -2.54. The predicted octanol–water partition coefficient (Wildman–Crippen LogP) is -0.486. The van der Waals surface area contributed by atoms with Gasteiger partial charge in [-0.05, 0) is 18.3 Å². The molecule has 2 bridgehead atoms. The lowest BCUT2D eigenvalue weighted by atomic mass is 9.81. The number of nitrogens with zero attached hydrogens (tertiary/aromatic N) is 1.